The molecule has 4 saturated heterocycles. The van der Waals surface area contributed by atoms with Crippen LogP contribution in [0.3, 0.4) is 0 Å². The molecule has 0 amide bonds. The normalized spacial score (nSPS) is 35.1. The van der Waals surface area contributed by atoms with Gasteiger partial charge in [0.2, 0.25) is 0 Å². The number of hydrogen-bond acceptors (Lipinski definition) is 2. The van der Waals surface area contributed by atoms with Gasteiger partial charge in [-0.25, -0.2) is 0 Å². The van der Waals surface area contributed by atoms with Crippen LogP contribution in [-0.2, 0) is 9.31 Å². The molecule has 4 rings (SSSR count). The Kier molecular flexibility index (Phi) is 13.2. The molecule has 0 aromatic heterocycles. The van der Waals surface area contributed by atoms with Crippen molar-refractivity contribution in [2.75, 3.05) is 14.2 Å². The molecule has 0 aromatic carbocycles. The Morgan fingerprint density at radius 3 is 1.05 bits per heavy atom. The predicted molar refractivity (Wildman–Crippen MR) is 170 cm³/mol. The van der Waals surface area contributed by atoms with Gasteiger partial charge in [-0.15, -0.1) is 23.3 Å². The highest BCUT2D eigenvalue weighted by atomic mass is 16.4. The van der Waals surface area contributed by atoms with Crippen molar-refractivity contribution in [3.05, 3.63) is 12.2 Å². The summed E-state index contributed by atoms with van der Waals surface area (Å²) in [6.45, 7) is 0. The quantitative estimate of drug-likeness (QED) is 0.100. The summed E-state index contributed by atoms with van der Waals surface area (Å²) in [6.07, 6.45) is 40.8. The first-order valence-electron chi connectivity index (χ1n) is 17.9. The van der Waals surface area contributed by atoms with Gasteiger partial charge in [-0.3, -0.25) is 0 Å². The number of rotatable bonds is 18. The Balaban J connectivity index is 0.957. The minimum atomic E-state index is -0.511. The highest BCUT2D eigenvalue weighted by Crippen LogP contribution is 2.56. The fourth-order valence-electron chi connectivity index (χ4n) is 10.9. The Labute approximate surface area is 238 Å². The molecule has 2 nitrogen and oxygen atoms in total. The Hall–Kier alpha value is -0.210. The molecule has 4 bridgehead atoms. The van der Waals surface area contributed by atoms with E-state index in [0.29, 0.717) is 0 Å². The van der Waals surface area contributed by atoms with E-state index in [1.54, 1.807) is 0 Å². The SMILES string of the molecule is CO[B-]1(CCCCCCC/C=C\CCCCCCC[B-]2(OC)C3CCCC2CCC3)C2CCCC1CCC2. The minimum Gasteiger partial charge on any atom is -0.592 e. The third kappa shape index (κ3) is 7.74. The average Bonchev–Trinajstić information content (AvgIpc) is 2.92. The van der Waals surface area contributed by atoms with Crippen LogP contribution in [0.15, 0.2) is 12.2 Å². The molecular weight excluding hydrogens is 462 g/mol. The van der Waals surface area contributed by atoms with Gasteiger partial charge < -0.3 is 9.31 Å². The molecular formula is C34H64B2O2-2. The van der Waals surface area contributed by atoms with Gasteiger partial charge in [0.15, 0.2) is 0 Å². The van der Waals surface area contributed by atoms with Crippen LogP contribution in [0.4, 0.5) is 0 Å². The van der Waals surface area contributed by atoms with Crippen molar-refractivity contribution in [3.63, 3.8) is 0 Å². The smallest absolute Gasteiger partial charge is 0.120 e. The molecule has 4 heterocycles. The summed E-state index contributed by atoms with van der Waals surface area (Å²) < 4.78 is 12.7. The van der Waals surface area contributed by atoms with Crippen LogP contribution >= 0.6 is 0 Å². The van der Waals surface area contributed by atoms with Crippen LogP contribution in [-0.4, -0.2) is 26.9 Å². The van der Waals surface area contributed by atoms with Crippen molar-refractivity contribution in [1.82, 2.24) is 0 Å². The molecule has 4 heteroatoms. The summed E-state index contributed by atoms with van der Waals surface area (Å²) in [5, 5.41) is 0. The van der Waals surface area contributed by atoms with Crippen LogP contribution in [0.25, 0.3) is 0 Å². The summed E-state index contributed by atoms with van der Waals surface area (Å²) in [4.78, 5) is 0. The lowest BCUT2D eigenvalue weighted by Crippen LogP contribution is -2.51. The number of unbranched alkanes of at least 4 members (excludes halogenated alkanes) is 10. The molecule has 0 atom stereocenters. The first-order valence-corrected chi connectivity index (χ1v) is 17.9. The monoisotopic (exact) mass is 527 g/mol. The molecule has 0 aromatic rings. The van der Waals surface area contributed by atoms with Crippen molar-refractivity contribution >= 4 is 12.7 Å². The third-order valence-electron chi connectivity index (χ3n) is 12.9. The van der Waals surface area contributed by atoms with E-state index in [1.807, 2.05) is 14.2 Å². The zero-order valence-electron chi connectivity index (χ0n) is 25.8. The largest absolute Gasteiger partial charge is 0.592 e. The molecule has 38 heavy (non-hydrogen) atoms. The lowest BCUT2D eigenvalue weighted by atomic mass is 9.18. The van der Waals surface area contributed by atoms with E-state index in [4.69, 9.17) is 9.31 Å². The second-order valence-electron chi connectivity index (χ2n) is 14.6. The fourth-order valence-corrected chi connectivity index (χ4v) is 10.9. The topological polar surface area (TPSA) is 18.5 Å². The van der Waals surface area contributed by atoms with E-state index < -0.39 is 12.7 Å². The van der Waals surface area contributed by atoms with Gasteiger partial charge in [-0.1, -0.05) is 141 Å². The predicted octanol–water partition coefficient (Wildman–Crippen LogP) is 11.6. The summed E-state index contributed by atoms with van der Waals surface area (Å²) in [5.74, 6) is 3.68. The van der Waals surface area contributed by atoms with Gasteiger partial charge >= 0.3 is 0 Å². The van der Waals surface area contributed by atoms with Crippen LogP contribution in [0, 0.1) is 0 Å². The molecule has 0 aliphatic carbocycles. The van der Waals surface area contributed by atoms with E-state index >= 15 is 0 Å². The minimum absolute atomic E-state index is 0.511. The maximum Gasteiger partial charge on any atom is 0.120 e. The summed E-state index contributed by atoms with van der Waals surface area (Å²) in [5.41, 5.74) is 0. The van der Waals surface area contributed by atoms with Gasteiger partial charge in [0, 0.05) is 0 Å². The van der Waals surface area contributed by atoms with Crippen LogP contribution in [0.1, 0.15) is 154 Å². The Morgan fingerprint density at radius 2 is 0.737 bits per heavy atom. The highest BCUT2D eigenvalue weighted by Gasteiger charge is 2.44. The van der Waals surface area contributed by atoms with Crippen molar-refractivity contribution in [2.24, 2.45) is 0 Å². The molecule has 220 valence electrons. The highest BCUT2D eigenvalue weighted by molar-refractivity contribution is 6.77. The number of hydrogen-bond donors (Lipinski definition) is 0. The second-order valence-corrected chi connectivity index (χ2v) is 14.6. The summed E-state index contributed by atoms with van der Waals surface area (Å²) in [7, 11) is 4.09. The van der Waals surface area contributed by atoms with Crippen LogP contribution < -0.4 is 0 Å². The van der Waals surface area contributed by atoms with Crippen LogP contribution in [0.2, 0.25) is 35.9 Å². The van der Waals surface area contributed by atoms with E-state index in [9.17, 15) is 0 Å². The number of fused-ring (bicyclic) bond motifs is 4. The standard InChI is InChI=1S/C34H64B2O2/c1-37-35(31-21-17-22-32(35)24-18-23-31)29-15-13-11-9-7-5-3-4-6-8-10-12-14-16-30-36(38-2)33-25-19-26-34(36)28-20-27-33/h3-4,31-34H,5-30H2,1-2H3/q-2/b4-3-. The van der Waals surface area contributed by atoms with Gasteiger partial charge in [-0.05, 0) is 39.9 Å². The van der Waals surface area contributed by atoms with Crippen LogP contribution in [0.5, 0.6) is 0 Å². The molecule has 4 aliphatic rings. The maximum absolute atomic E-state index is 6.36. The summed E-state index contributed by atoms with van der Waals surface area (Å²) >= 11 is 0. The second kappa shape index (κ2) is 16.3. The molecule has 4 aliphatic heterocycles. The van der Waals surface area contributed by atoms with Gasteiger partial charge in [0.05, 0.1) is 0 Å². The van der Waals surface area contributed by atoms with Crippen molar-refractivity contribution in [3.8, 4) is 0 Å². The zero-order valence-corrected chi connectivity index (χ0v) is 25.8. The lowest BCUT2D eigenvalue weighted by Gasteiger charge is -2.58. The van der Waals surface area contributed by atoms with E-state index in [2.05, 4.69) is 12.2 Å². The lowest BCUT2D eigenvalue weighted by molar-refractivity contribution is 0.294. The first kappa shape index (κ1) is 30.7. The molecule has 4 fully saturated rings. The zero-order chi connectivity index (χ0) is 26.5. The Morgan fingerprint density at radius 1 is 0.447 bits per heavy atom. The Bertz CT molecular complexity index is 579. The average molecular weight is 527 g/mol. The maximum atomic E-state index is 6.36. The molecule has 0 unspecified atom stereocenters. The summed E-state index contributed by atoms with van der Waals surface area (Å²) in [6, 6.07) is 0. The first-order chi connectivity index (χ1) is 18.7. The van der Waals surface area contributed by atoms with E-state index in [0.717, 1.165) is 23.3 Å². The number of allylic oxidation sites excluding steroid dienone is 2. The fraction of sp³-hybridized carbons (Fsp3) is 0.941. The van der Waals surface area contributed by atoms with Crippen molar-refractivity contribution < 1.29 is 9.31 Å². The molecule has 0 radical (unpaired) electrons. The van der Waals surface area contributed by atoms with E-state index in [-0.39, 0.29) is 0 Å². The molecule has 0 spiro atoms. The van der Waals surface area contributed by atoms with Crippen molar-refractivity contribution in [2.45, 2.75) is 190 Å². The molecule has 0 saturated carbocycles. The van der Waals surface area contributed by atoms with Gasteiger partial charge in [-0.2, -0.15) is 12.6 Å². The van der Waals surface area contributed by atoms with Gasteiger partial charge in [0.1, 0.15) is 12.7 Å². The molecule has 0 N–H and O–H groups in total. The van der Waals surface area contributed by atoms with Crippen molar-refractivity contribution in [1.29, 1.82) is 0 Å². The van der Waals surface area contributed by atoms with Gasteiger partial charge in [0.25, 0.3) is 0 Å². The third-order valence-corrected chi connectivity index (χ3v) is 12.9. The van der Waals surface area contributed by atoms with E-state index in [1.165, 1.54) is 167 Å².